The molecule has 2 rings (SSSR count). The van der Waals surface area contributed by atoms with Crippen LogP contribution in [0, 0.1) is 0 Å². The number of carbonyl (C=O) groups is 2. The first-order valence-corrected chi connectivity index (χ1v) is 8.70. The molecule has 0 fully saturated rings. The Labute approximate surface area is 161 Å². The minimum absolute atomic E-state index is 0.00153. The van der Waals surface area contributed by atoms with Gasteiger partial charge in [-0.3, -0.25) is 4.79 Å². The topological polar surface area (TPSA) is 145 Å². The molecule has 0 saturated heterocycles. The number of benzene rings is 2. The highest BCUT2D eigenvalue weighted by Crippen LogP contribution is 2.32. The van der Waals surface area contributed by atoms with Crippen LogP contribution in [0.15, 0.2) is 30.3 Å². The van der Waals surface area contributed by atoms with E-state index in [1.54, 1.807) is 0 Å². The van der Waals surface area contributed by atoms with Crippen LogP contribution >= 0.6 is 0 Å². The summed E-state index contributed by atoms with van der Waals surface area (Å²) in [6.45, 7) is 2.08. The molecule has 0 aliphatic carbocycles. The van der Waals surface area contributed by atoms with Gasteiger partial charge in [-0.1, -0.05) is 13.3 Å². The Bertz CT molecular complexity index is 875. The number of esters is 1. The van der Waals surface area contributed by atoms with Crippen LogP contribution in [0.5, 0.6) is 23.0 Å². The first-order chi connectivity index (χ1) is 13.2. The average molecular weight is 390 g/mol. The van der Waals surface area contributed by atoms with E-state index in [-0.39, 0.29) is 29.7 Å². The number of aromatic hydroxyl groups is 4. The molecule has 8 nitrogen and oxygen atoms in total. The number of aliphatic hydroxyl groups excluding tert-OH is 1. The molecule has 0 saturated carbocycles. The zero-order valence-corrected chi connectivity index (χ0v) is 15.3. The summed E-state index contributed by atoms with van der Waals surface area (Å²) in [5, 5.41) is 48.6. The van der Waals surface area contributed by atoms with E-state index in [1.807, 2.05) is 6.92 Å². The third kappa shape index (κ3) is 4.92. The SMILES string of the molecule is CCCCOC(=O)C(O)Cc1cc(O)c(O)cc1C(=O)c1ccc(O)c(O)c1. The lowest BCUT2D eigenvalue weighted by Gasteiger charge is -2.15. The van der Waals surface area contributed by atoms with E-state index < -0.39 is 40.9 Å². The van der Waals surface area contributed by atoms with Crippen LogP contribution in [0.3, 0.4) is 0 Å². The molecule has 1 atom stereocenters. The Hall–Kier alpha value is -3.26. The second-order valence-corrected chi connectivity index (χ2v) is 6.27. The van der Waals surface area contributed by atoms with E-state index in [2.05, 4.69) is 0 Å². The number of ether oxygens (including phenoxy) is 1. The highest BCUT2D eigenvalue weighted by atomic mass is 16.5. The van der Waals surface area contributed by atoms with Gasteiger partial charge in [-0.05, 0) is 42.3 Å². The van der Waals surface area contributed by atoms with E-state index in [9.17, 15) is 35.1 Å². The van der Waals surface area contributed by atoms with Crippen LogP contribution in [0.2, 0.25) is 0 Å². The summed E-state index contributed by atoms with van der Waals surface area (Å²) in [6.07, 6.45) is -0.440. The van der Waals surface area contributed by atoms with Crippen LogP contribution in [-0.4, -0.2) is 50.0 Å². The number of phenolic OH excluding ortho intramolecular Hbond substituents is 4. The number of hydrogen-bond acceptors (Lipinski definition) is 8. The largest absolute Gasteiger partial charge is 0.504 e. The maximum absolute atomic E-state index is 12.8. The lowest BCUT2D eigenvalue weighted by Crippen LogP contribution is -2.26. The highest BCUT2D eigenvalue weighted by molar-refractivity contribution is 6.10. The number of aliphatic hydroxyl groups is 1. The minimum Gasteiger partial charge on any atom is -0.504 e. The predicted molar refractivity (Wildman–Crippen MR) is 98.6 cm³/mol. The molecule has 0 aromatic heterocycles. The normalized spacial score (nSPS) is 11.8. The number of rotatable bonds is 8. The molecule has 0 radical (unpaired) electrons. The molecule has 2 aromatic rings. The first kappa shape index (κ1) is 21.0. The van der Waals surface area contributed by atoms with Crippen molar-refractivity contribution in [2.24, 2.45) is 0 Å². The van der Waals surface area contributed by atoms with E-state index >= 15 is 0 Å². The molecule has 0 bridgehead atoms. The molecule has 0 aliphatic heterocycles. The number of unbranched alkanes of at least 4 members (excludes halogenated alkanes) is 1. The van der Waals surface area contributed by atoms with Crippen molar-refractivity contribution in [3.8, 4) is 23.0 Å². The zero-order valence-electron chi connectivity index (χ0n) is 15.3. The molecule has 28 heavy (non-hydrogen) atoms. The van der Waals surface area contributed by atoms with Gasteiger partial charge in [-0.25, -0.2) is 4.79 Å². The summed E-state index contributed by atoms with van der Waals surface area (Å²) in [4.78, 5) is 24.7. The fourth-order valence-electron chi connectivity index (χ4n) is 2.53. The smallest absolute Gasteiger partial charge is 0.335 e. The van der Waals surface area contributed by atoms with Crippen LogP contribution in [-0.2, 0) is 16.0 Å². The van der Waals surface area contributed by atoms with Crippen molar-refractivity contribution in [1.82, 2.24) is 0 Å². The minimum atomic E-state index is -1.57. The number of ketones is 1. The molecule has 5 N–H and O–H groups in total. The molecule has 8 heteroatoms. The summed E-state index contributed by atoms with van der Waals surface area (Å²) >= 11 is 0. The molecule has 0 amide bonds. The fraction of sp³-hybridized carbons (Fsp3) is 0.300. The van der Waals surface area contributed by atoms with Gasteiger partial charge < -0.3 is 30.3 Å². The van der Waals surface area contributed by atoms with E-state index in [1.165, 1.54) is 6.07 Å². The van der Waals surface area contributed by atoms with Crippen molar-refractivity contribution in [2.75, 3.05) is 6.61 Å². The molecule has 2 aromatic carbocycles. The Morgan fingerprint density at radius 2 is 1.61 bits per heavy atom. The van der Waals surface area contributed by atoms with Crippen LogP contribution in [0.1, 0.15) is 41.3 Å². The van der Waals surface area contributed by atoms with Gasteiger partial charge in [0.25, 0.3) is 0 Å². The van der Waals surface area contributed by atoms with Crippen LogP contribution in [0.25, 0.3) is 0 Å². The molecular weight excluding hydrogens is 368 g/mol. The van der Waals surface area contributed by atoms with E-state index in [0.717, 1.165) is 30.7 Å². The van der Waals surface area contributed by atoms with Crippen molar-refractivity contribution in [3.63, 3.8) is 0 Å². The number of hydrogen-bond donors (Lipinski definition) is 5. The highest BCUT2D eigenvalue weighted by Gasteiger charge is 2.23. The van der Waals surface area contributed by atoms with Crippen LogP contribution in [0.4, 0.5) is 0 Å². The van der Waals surface area contributed by atoms with Gasteiger partial charge in [0.15, 0.2) is 34.9 Å². The van der Waals surface area contributed by atoms with E-state index in [0.29, 0.717) is 6.42 Å². The lowest BCUT2D eigenvalue weighted by molar-refractivity contribution is -0.153. The second kappa shape index (κ2) is 9.09. The average Bonchev–Trinajstić information content (AvgIpc) is 2.66. The molecule has 0 heterocycles. The third-order valence-electron chi connectivity index (χ3n) is 4.11. The summed E-state index contributed by atoms with van der Waals surface area (Å²) in [5.74, 6) is -3.50. The van der Waals surface area contributed by atoms with Gasteiger partial charge in [-0.2, -0.15) is 0 Å². The molecule has 150 valence electrons. The summed E-state index contributed by atoms with van der Waals surface area (Å²) < 4.78 is 4.94. The summed E-state index contributed by atoms with van der Waals surface area (Å²) in [5.41, 5.74) is 0.0234. The van der Waals surface area contributed by atoms with Crippen molar-refractivity contribution in [3.05, 3.63) is 47.0 Å². The fourth-order valence-corrected chi connectivity index (χ4v) is 2.53. The quantitative estimate of drug-likeness (QED) is 0.199. The number of carbonyl (C=O) groups excluding carboxylic acids is 2. The number of phenols is 4. The van der Waals surface area contributed by atoms with Crippen LogP contribution < -0.4 is 0 Å². The Balaban J connectivity index is 2.32. The standard InChI is InChI=1S/C20H22O8/c1-2-3-6-28-20(27)18(25)9-12-8-16(23)17(24)10-13(12)19(26)11-4-5-14(21)15(22)7-11/h4-5,7-8,10,18,21-25H,2-3,6,9H2,1H3. The van der Waals surface area contributed by atoms with Crippen molar-refractivity contribution < 1.29 is 39.9 Å². The Kier molecular flexibility index (Phi) is 6.84. The monoisotopic (exact) mass is 390 g/mol. The van der Waals surface area contributed by atoms with Gasteiger partial charge in [0.1, 0.15) is 0 Å². The molecular formula is C20H22O8. The van der Waals surface area contributed by atoms with Gasteiger partial charge in [-0.15, -0.1) is 0 Å². The van der Waals surface area contributed by atoms with Gasteiger partial charge >= 0.3 is 5.97 Å². The zero-order chi connectivity index (χ0) is 20.8. The second-order valence-electron chi connectivity index (χ2n) is 6.27. The van der Waals surface area contributed by atoms with Gasteiger partial charge in [0, 0.05) is 17.5 Å². The molecule has 1 unspecified atom stereocenters. The maximum atomic E-state index is 12.8. The van der Waals surface area contributed by atoms with Crippen molar-refractivity contribution >= 4 is 11.8 Å². The van der Waals surface area contributed by atoms with Crippen molar-refractivity contribution in [1.29, 1.82) is 0 Å². The maximum Gasteiger partial charge on any atom is 0.335 e. The third-order valence-corrected chi connectivity index (χ3v) is 4.11. The predicted octanol–water partition coefficient (Wildman–Crippen LogP) is 1.99. The summed E-state index contributed by atoms with van der Waals surface area (Å²) in [7, 11) is 0. The first-order valence-electron chi connectivity index (χ1n) is 8.70. The van der Waals surface area contributed by atoms with E-state index in [4.69, 9.17) is 4.74 Å². The van der Waals surface area contributed by atoms with Gasteiger partial charge in [0.05, 0.1) is 6.61 Å². The molecule has 0 spiro atoms. The Morgan fingerprint density at radius 3 is 2.25 bits per heavy atom. The lowest BCUT2D eigenvalue weighted by atomic mass is 9.94. The summed E-state index contributed by atoms with van der Waals surface area (Å²) in [6, 6.07) is 5.52. The van der Waals surface area contributed by atoms with Gasteiger partial charge in [0.2, 0.25) is 0 Å². The Morgan fingerprint density at radius 1 is 0.964 bits per heavy atom. The molecule has 0 aliphatic rings. The van der Waals surface area contributed by atoms with Crippen molar-refractivity contribution in [2.45, 2.75) is 32.3 Å².